The third-order valence-electron chi connectivity index (χ3n) is 5.10. The van der Waals surface area contributed by atoms with Crippen LogP contribution >= 0.6 is 22.9 Å². The Morgan fingerprint density at radius 1 is 1.14 bits per heavy atom. The van der Waals surface area contributed by atoms with Crippen molar-refractivity contribution in [2.75, 3.05) is 12.4 Å². The van der Waals surface area contributed by atoms with E-state index in [9.17, 15) is 9.59 Å². The van der Waals surface area contributed by atoms with E-state index in [1.165, 1.54) is 22.5 Å². The Morgan fingerprint density at radius 3 is 2.75 bits per heavy atom. The molecule has 0 spiro atoms. The molecule has 0 aliphatic heterocycles. The van der Waals surface area contributed by atoms with Crippen LogP contribution < -0.4 is 5.32 Å². The third kappa shape index (κ3) is 3.55. The predicted octanol–water partition coefficient (Wildman–Crippen LogP) is 5.41. The van der Waals surface area contributed by atoms with E-state index in [0.717, 1.165) is 12.8 Å². The molecule has 1 aromatic heterocycles. The summed E-state index contributed by atoms with van der Waals surface area (Å²) in [5, 5.41) is 5.04. The van der Waals surface area contributed by atoms with Gasteiger partial charge in [0.25, 0.3) is 11.8 Å². The molecule has 4 rings (SSSR count). The van der Waals surface area contributed by atoms with E-state index in [1.807, 2.05) is 30.6 Å². The van der Waals surface area contributed by atoms with Crippen LogP contribution in [-0.2, 0) is 6.42 Å². The zero-order valence-electron chi connectivity index (χ0n) is 15.3. The molecule has 1 unspecified atom stereocenters. The Morgan fingerprint density at radius 2 is 1.96 bits per heavy atom. The zero-order chi connectivity index (χ0) is 19.7. The lowest BCUT2D eigenvalue weighted by atomic mass is 10.1. The molecule has 28 heavy (non-hydrogen) atoms. The number of carbonyl (C=O) groups excluding carboxylic acids is 2. The number of nitrogens with zero attached hydrogens (tertiary/aromatic N) is 1. The quantitative estimate of drug-likeness (QED) is 0.624. The Labute approximate surface area is 172 Å². The molecular weight excluding hydrogens is 392 g/mol. The van der Waals surface area contributed by atoms with E-state index in [-0.39, 0.29) is 17.9 Å². The summed E-state index contributed by atoms with van der Waals surface area (Å²) < 4.78 is 0. The summed E-state index contributed by atoms with van der Waals surface area (Å²) in [6, 6.07) is 16.9. The van der Waals surface area contributed by atoms with Gasteiger partial charge in [0.05, 0.1) is 21.6 Å². The van der Waals surface area contributed by atoms with Crippen LogP contribution in [0.25, 0.3) is 0 Å². The van der Waals surface area contributed by atoms with Gasteiger partial charge in [0.2, 0.25) is 0 Å². The van der Waals surface area contributed by atoms with Crippen LogP contribution in [0, 0.1) is 0 Å². The van der Waals surface area contributed by atoms with E-state index < -0.39 is 0 Å². The second-order valence-corrected chi connectivity index (χ2v) is 8.15. The van der Waals surface area contributed by atoms with E-state index in [2.05, 4.69) is 17.4 Å². The number of carbonyl (C=O) groups is 2. The molecule has 2 aromatic carbocycles. The highest BCUT2D eigenvalue weighted by Crippen LogP contribution is 2.36. The summed E-state index contributed by atoms with van der Waals surface area (Å²) in [5.74, 6) is -0.329. The minimum absolute atomic E-state index is 0.0588. The highest BCUT2D eigenvalue weighted by atomic mass is 35.5. The molecule has 0 radical (unpaired) electrons. The van der Waals surface area contributed by atoms with Crippen molar-refractivity contribution in [2.24, 2.45) is 0 Å². The van der Waals surface area contributed by atoms with Crippen molar-refractivity contribution in [1.82, 2.24) is 4.90 Å². The van der Waals surface area contributed by atoms with E-state index in [4.69, 9.17) is 11.6 Å². The van der Waals surface area contributed by atoms with Gasteiger partial charge < -0.3 is 10.2 Å². The molecule has 3 aromatic rings. The van der Waals surface area contributed by atoms with Crippen LogP contribution in [0.5, 0.6) is 0 Å². The smallest absolute Gasteiger partial charge is 0.265 e. The van der Waals surface area contributed by atoms with Gasteiger partial charge in [0.15, 0.2) is 0 Å². The van der Waals surface area contributed by atoms with Gasteiger partial charge >= 0.3 is 0 Å². The topological polar surface area (TPSA) is 49.4 Å². The average molecular weight is 411 g/mol. The van der Waals surface area contributed by atoms with Gasteiger partial charge in [-0.25, -0.2) is 0 Å². The highest BCUT2D eigenvalue weighted by Gasteiger charge is 2.29. The normalized spacial score (nSPS) is 15.1. The summed E-state index contributed by atoms with van der Waals surface area (Å²) in [6.45, 7) is 0. The van der Waals surface area contributed by atoms with E-state index in [1.54, 1.807) is 29.2 Å². The van der Waals surface area contributed by atoms with Crippen molar-refractivity contribution < 1.29 is 9.59 Å². The largest absolute Gasteiger partial charge is 0.335 e. The van der Waals surface area contributed by atoms with Crippen molar-refractivity contribution in [3.63, 3.8) is 0 Å². The fraction of sp³-hybridized carbons (Fsp3) is 0.182. The van der Waals surface area contributed by atoms with Crippen LogP contribution in [0.15, 0.2) is 60.0 Å². The number of halogens is 1. The third-order valence-corrected chi connectivity index (χ3v) is 6.29. The van der Waals surface area contributed by atoms with Gasteiger partial charge in [0.1, 0.15) is 0 Å². The molecule has 1 atom stereocenters. The van der Waals surface area contributed by atoms with Crippen molar-refractivity contribution in [3.8, 4) is 0 Å². The molecule has 1 heterocycles. The molecular formula is C22H19ClN2O2S. The number of amides is 2. The summed E-state index contributed by atoms with van der Waals surface area (Å²) in [4.78, 5) is 27.8. The van der Waals surface area contributed by atoms with Crippen LogP contribution in [-0.4, -0.2) is 23.8 Å². The first-order valence-corrected chi connectivity index (χ1v) is 10.3. The second-order valence-electron chi connectivity index (χ2n) is 6.80. The molecule has 0 saturated carbocycles. The number of thiophene rings is 1. The number of rotatable bonds is 4. The fourth-order valence-corrected chi connectivity index (χ4v) is 4.41. The number of hydrogen-bond acceptors (Lipinski definition) is 3. The monoisotopic (exact) mass is 410 g/mol. The molecule has 4 nitrogen and oxygen atoms in total. The first-order chi connectivity index (χ1) is 13.5. The van der Waals surface area contributed by atoms with Gasteiger partial charge in [-0.05, 0) is 53.6 Å². The highest BCUT2D eigenvalue weighted by molar-refractivity contribution is 7.12. The molecule has 0 fully saturated rings. The standard InChI is InChI=1S/C22H19ClN2O2S/c1-25(19-11-9-14-5-2-3-6-16(14)19)22(27)15-8-10-17(23)18(13-15)24-21(26)20-7-4-12-28-20/h2-8,10,12-13,19H,9,11H2,1H3,(H,24,26). The van der Waals surface area contributed by atoms with Gasteiger partial charge in [-0.1, -0.05) is 41.9 Å². The number of anilines is 1. The van der Waals surface area contributed by atoms with Crippen molar-refractivity contribution in [1.29, 1.82) is 0 Å². The lowest BCUT2D eigenvalue weighted by Crippen LogP contribution is -2.30. The van der Waals surface area contributed by atoms with Gasteiger partial charge in [0, 0.05) is 12.6 Å². The fourth-order valence-electron chi connectivity index (χ4n) is 3.63. The molecule has 142 valence electrons. The number of nitrogens with one attached hydrogen (secondary N) is 1. The van der Waals surface area contributed by atoms with Crippen molar-refractivity contribution in [3.05, 3.63) is 86.6 Å². The number of fused-ring (bicyclic) bond motifs is 1. The van der Waals surface area contributed by atoms with Gasteiger partial charge in [-0.15, -0.1) is 11.3 Å². The first-order valence-electron chi connectivity index (χ1n) is 9.04. The second kappa shape index (κ2) is 7.78. The Hall–Kier alpha value is -2.63. The predicted molar refractivity (Wildman–Crippen MR) is 113 cm³/mol. The van der Waals surface area contributed by atoms with Gasteiger partial charge in [-0.3, -0.25) is 9.59 Å². The van der Waals surface area contributed by atoms with Crippen LogP contribution in [0.1, 0.15) is 43.6 Å². The lowest BCUT2D eigenvalue weighted by Gasteiger charge is -2.26. The summed E-state index contributed by atoms with van der Waals surface area (Å²) >= 11 is 7.60. The molecule has 1 N–H and O–H groups in total. The van der Waals surface area contributed by atoms with E-state index >= 15 is 0 Å². The molecule has 1 aliphatic carbocycles. The number of aryl methyl sites for hydroxylation is 1. The minimum Gasteiger partial charge on any atom is -0.335 e. The maximum absolute atomic E-state index is 13.1. The van der Waals surface area contributed by atoms with Crippen molar-refractivity contribution >= 4 is 40.4 Å². The maximum atomic E-state index is 13.1. The Kier molecular flexibility index (Phi) is 5.20. The molecule has 6 heteroatoms. The SMILES string of the molecule is CN(C(=O)c1ccc(Cl)c(NC(=O)c2cccs2)c1)C1CCc2ccccc21. The average Bonchev–Trinajstić information content (AvgIpc) is 3.38. The lowest BCUT2D eigenvalue weighted by molar-refractivity contribution is 0.0730. The molecule has 2 amide bonds. The summed E-state index contributed by atoms with van der Waals surface area (Å²) in [7, 11) is 1.83. The zero-order valence-corrected chi connectivity index (χ0v) is 16.9. The van der Waals surface area contributed by atoms with Crippen LogP contribution in [0.2, 0.25) is 5.02 Å². The Balaban J connectivity index is 1.56. The molecule has 1 aliphatic rings. The Bertz CT molecular complexity index is 1030. The van der Waals surface area contributed by atoms with Crippen molar-refractivity contribution in [2.45, 2.75) is 18.9 Å². The van der Waals surface area contributed by atoms with Crippen LogP contribution in [0.3, 0.4) is 0 Å². The first kappa shape index (κ1) is 18.7. The summed E-state index contributed by atoms with van der Waals surface area (Å²) in [6.07, 6.45) is 1.89. The number of hydrogen-bond donors (Lipinski definition) is 1. The van der Waals surface area contributed by atoms with Gasteiger partial charge in [-0.2, -0.15) is 0 Å². The molecule has 0 saturated heterocycles. The molecule has 0 bridgehead atoms. The summed E-state index contributed by atoms with van der Waals surface area (Å²) in [5.41, 5.74) is 3.44. The minimum atomic E-state index is -0.237. The van der Waals surface area contributed by atoms with Crippen LogP contribution in [0.4, 0.5) is 5.69 Å². The maximum Gasteiger partial charge on any atom is 0.265 e. The van der Waals surface area contributed by atoms with E-state index in [0.29, 0.717) is 21.2 Å². The number of benzene rings is 2.